The molecule has 2 aromatic rings. The number of fused-ring (bicyclic) bond motifs is 2. The summed E-state index contributed by atoms with van der Waals surface area (Å²) in [6, 6.07) is 16.5. The lowest BCUT2D eigenvalue weighted by atomic mass is 9.89. The van der Waals surface area contributed by atoms with Gasteiger partial charge in [0.25, 0.3) is 5.91 Å². The third-order valence-corrected chi connectivity index (χ3v) is 7.77. The number of nitrogens with zero attached hydrogens (tertiary/aromatic N) is 3. The van der Waals surface area contributed by atoms with Gasteiger partial charge < -0.3 is 19.3 Å². The van der Waals surface area contributed by atoms with Crippen molar-refractivity contribution in [3.8, 4) is 22.5 Å². The van der Waals surface area contributed by atoms with E-state index in [0.717, 1.165) is 70.6 Å². The number of hydrogen-bond donors (Lipinski definition) is 1. The minimum absolute atomic E-state index is 0.0822. The van der Waals surface area contributed by atoms with Crippen molar-refractivity contribution in [1.29, 1.82) is 0 Å². The minimum atomic E-state index is -0.116. The zero-order valence-corrected chi connectivity index (χ0v) is 24.5. The van der Waals surface area contributed by atoms with Gasteiger partial charge >= 0.3 is 0 Å². The van der Waals surface area contributed by atoms with Crippen molar-refractivity contribution in [2.24, 2.45) is 0 Å². The monoisotopic (exact) mass is 528 g/mol. The zero-order chi connectivity index (χ0) is 28.3. The highest BCUT2D eigenvalue weighted by molar-refractivity contribution is 6.09. The van der Waals surface area contributed by atoms with Gasteiger partial charge in [-0.3, -0.25) is 4.79 Å². The molecule has 0 aromatic heterocycles. The highest BCUT2D eigenvalue weighted by Gasteiger charge is 2.25. The molecule has 2 aliphatic rings. The Bertz CT molecular complexity index is 1530. The Hall–Kier alpha value is -3.64. The molecule has 4 rings (SSSR count). The smallest absolute Gasteiger partial charge is 0.254 e. The van der Waals surface area contributed by atoms with Crippen LogP contribution in [0.15, 0.2) is 52.9 Å². The predicted octanol–water partition coefficient (Wildman–Crippen LogP) is 5.54. The van der Waals surface area contributed by atoms with Gasteiger partial charge in [-0.2, -0.15) is 0 Å². The first-order valence-electron chi connectivity index (χ1n) is 14.1. The highest BCUT2D eigenvalue weighted by atomic mass is 16.3. The molecule has 0 atom stereocenters. The summed E-state index contributed by atoms with van der Waals surface area (Å²) in [5, 5.41) is 11.6. The molecule has 0 radical (unpaired) electrons. The molecule has 1 aliphatic heterocycles. The molecule has 206 valence electrons. The van der Waals surface area contributed by atoms with Crippen molar-refractivity contribution in [3.63, 3.8) is 0 Å². The van der Waals surface area contributed by atoms with Crippen LogP contribution in [0.5, 0.6) is 0 Å². The second kappa shape index (κ2) is 12.0. The van der Waals surface area contributed by atoms with Crippen LogP contribution in [0.1, 0.15) is 49.2 Å². The summed E-state index contributed by atoms with van der Waals surface area (Å²) in [7, 11) is 1.73. The first-order valence-corrected chi connectivity index (χ1v) is 14.1. The quantitative estimate of drug-likeness (QED) is 0.229. The molecule has 1 amide bonds. The molecule has 0 bridgehead atoms. The number of likely N-dealkylation sites (N-methyl/N-ethyl adjacent to an activating group) is 1. The molecule has 1 N–H and O–H groups in total. The van der Waals surface area contributed by atoms with Crippen LogP contribution in [-0.4, -0.2) is 62.3 Å². The van der Waals surface area contributed by atoms with Crippen LogP contribution < -0.4 is 14.8 Å². The number of aliphatic hydroxyl groups is 1. The van der Waals surface area contributed by atoms with Gasteiger partial charge in [0.1, 0.15) is 24.4 Å². The van der Waals surface area contributed by atoms with E-state index in [1.807, 2.05) is 24.3 Å². The third kappa shape index (κ3) is 5.30. The van der Waals surface area contributed by atoms with Crippen LogP contribution >= 0.6 is 0 Å². The number of aliphatic hydroxyl groups excluding tert-OH is 1. The Kier molecular flexibility index (Phi) is 8.76. The summed E-state index contributed by atoms with van der Waals surface area (Å²) in [6.07, 6.45) is 0. The first kappa shape index (κ1) is 28.4. The van der Waals surface area contributed by atoms with Crippen LogP contribution in [0.4, 0.5) is 5.69 Å². The van der Waals surface area contributed by atoms with E-state index in [-0.39, 0.29) is 19.1 Å². The maximum Gasteiger partial charge on any atom is 0.254 e. The Morgan fingerprint density at radius 2 is 1.62 bits per heavy atom. The number of carbonyl (C=O) groups excluding carboxylic acids is 1. The van der Waals surface area contributed by atoms with Gasteiger partial charge in [0.05, 0.1) is 12.7 Å². The molecule has 0 saturated carbocycles. The fraction of sp³-hybridized carbons (Fsp3) is 0.394. The van der Waals surface area contributed by atoms with Crippen LogP contribution in [0, 0.1) is 13.8 Å². The van der Waals surface area contributed by atoms with Crippen molar-refractivity contribution in [1.82, 2.24) is 9.48 Å². The second-order valence-corrected chi connectivity index (χ2v) is 10.1. The summed E-state index contributed by atoms with van der Waals surface area (Å²) < 4.78 is 9.02. The van der Waals surface area contributed by atoms with Crippen molar-refractivity contribution >= 4 is 22.6 Å². The Morgan fingerprint density at radius 3 is 2.26 bits per heavy atom. The predicted molar refractivity (Wildman–Crippen MR) is 162 cm³/mol. The summed E-state index contributed by atoms with van der Waals surface area (Å²) in [5.41, 5.74) is 7.74. The minimum Gasteiger partial charge on any atom is -0.456 e. The van der Waals surface area contributed by atoms with E-state index in [2.05, 4.69) is 75.3 Å². The molecule has 0 spiro atoms. The molecular formula is C33H42N3O3+. The molecule has 0 unspecified atom stereocenters. The number of anilines is 1. The van der Waals surface area contributed by atoms with E-state index in [9.17, 15) is 9.90 Å². The van der Waals surface area contributed by atoms with Gasteiger partial charge in [-0.15, -0.1) is 0 Å². The number of carbonyl (C=O) groups is 1. The summed E-state index contributed by atoms with van der Waals surface area (Å²) >= 11 is 0. The first-order chi connectivity index (χ1) is 18.8. The largest absolute Gasteiger partial charge is 0.456 e. The average molecular weight is 529 g/mol. The summed E-state index contributed by atoms with van der Waals surface area (Å²) in [4.78, 5) is 17.5. The normalized spacial score (nSPS) is 11.3. The summed E-state index contributed by atoms with van der Waals surface area (Å²) in [5.74, 6) is 0.681. The van der Waals surface area contributed by atoms with E-state index >= 15 is 0 Å². The molecular weight excluding hydrogens is 486 g/mol. The number of rotatable bonds is 9. The number of amides is 1. The number of hydrogen-bond acceptors (Lipinski definition) is 4. The molecule has 39 heavy (non-hydrogen) atoms. The summed E-state index contributed by atoms with van der Waals surface area (Å²) in [6.45, 7) is 16.8. The fourth-order valence-corrected chi connectivity index (χ4v) is 5.62. The second-order valence-electron chi connectivity index (χ2n) is 10.1. The fourth-order valence-electron chi connectivity index (χ4n) is 5.62. The lowest BCUT2D eigenvalue weighted by Gasteiger charge is -2.25. The van der Waals surface area contributed by atoms with Crippen molar-refractivity contribution in [3.05, 3.63) is 70.6 Å². The number of aryl methyl sites for hydroxylation is 2. The molecule has 1 heterocycles. The Balaban J connectivity index is 2.16. The Morgan fingerprint density at radius 1 is 0.923 bits per heavy atom. The SMILES string of the molecule is CCN(CC)c1cc2oc3cc(=[N+](CC)CC)c(C)cc-3c(-c3ccccc3C(=O)N(C)CCO)c2cc1C. The van der Waals surface area contributed by atoms with Crippen LogP contribution in [0.25, 0.3) is 33.4 Å². The highest BCUT2D eigenvalue weighted by Crippen LogP contribution is 2.43. The van der Waals surface area contributed by atoms with E-state index in [1.54, 1.807) is 11.9 Å². The van der Waals surface area contributed by atoms with E-state index in [0.29, 0.717) is 5.56 Å². The zero-order valence-electron chi connectivity index (χ0n) is 24.5. The van der Waals surface area contributed by atoms with Gasteiger partial charge in [0, 0.05) is 66.1 Å². The topological polar surface area (TPSA) is 59.9 Å². The molecule has 2 aromatic carbocycles. The van der Waals surface area contributed by atoms with Gasteiger partial charge in [-0.05, 0) is 70.9 Å². The molecule has 0 fully saturated rings. The molecule has 6 heteroatoms. The van der Waals surface area contributed by atoms with Gasteiger partial charge in [-0.1, -0.05) is 18.2 Å². The number of benzene rings is 3. The third-order valence-electron chi connectivity index (χ3n) is 7.77. The van der Waals surface area contributed by atoms with E-state index in [1.165, 1.54) is 11.1 Å². The maximum atomic E-state index is 13.6. The standard InChI is InChI=1S/C33H42N3O3/c1-8-35(9-2)28-20-30-26(18-22(28)5)32(24-14-12-13-15-25(24)33(38)34(7)16-17-37)27-19-23(6)29(21-31(27)39-30)36(10-3)11-4/h12-15,18-21,37H,8-11,16-17H2,1-7H3/q+1. The van der Waals surface area contributed by atoms with Crippen LogP contribution in [0.2, 0.25) is 0 Å². The van der Waals surface area contributed by atoms with E-state index < -0.39 is 0 Å². The van der Waals surface area contributed by atoms with Gasteiger partial charge in [-0.25, -0.2) is 4.58 Å². The lowest BCUT2D eigenvalue weighted by molar-refractivity contribution is 0.0767. The average Bonchev–Trinajstić information content (AvgIpc) is 2.94. The van der Waals surface area contributed by atoms with Crippen molar-refractivity contribution in [2.75, 3.05) is 51.3 Å². The van der Waals surface area contributed by atoms with Crippen molar-refractivity contribution < 1.29 is 14.3 Å². The lowest BCUT2D eigenvalue weighted by Crippen LogP contribution is -2.31. The van der Waals surface area contributed by atoms with Crippen LogP contribution in [0.3, 0.4) is 0 Å². The van der Waals surface area contributed by atoms with Crippen molar-refractivity contribution in [2.45, 2.75) is 41.5 Å². The Labute approximate surface area is 232 Å². The maximum absolute atomic E-state index is 13.6. The van der Waals surface area contributed by atoms with Crippen LogP contribution in [-0.2, 0) is 0 Å². The van der Waals surface area contributed by atoms with Gasteiger partial charge in [0.2, 0.25) is 5.36 Å². The molecule has 1 aliphatic carbocycles. The molecule has 0 saturated heterocycles. The van der Waals surface area contributed by atoms with Gasteiger partial charge in [0.15, 0.2) is 0 Å². The van der Waals surface area contributed by atoms with E-state index in [4.69, 9.17) is 4.42 Å². The molecule has 6 nitrogen and oxygen atoms in total.